The Bertz CT molecular complexity index is 529. The van der Waals surface area contributed by atoms with E-state index in [-0.39, 0.29) is 17.6 Å². The van der Waals surface area contributed by atoms with E-state index in [2.05, 4.69) is 15.3 Å². The SMILES string of the molecule is Cc1cncc(NCC2CCCC3(CC(C(=O)O)C3)O2)n1. The first-order chi connectivity index (χ1) is 10.1. The Morgan fingerprint density at radius 3 is 3.05 bits per heavy atom. The second-order valence-corrected chi connectivity index (χ2v) is 6.19. The van der Waals surface area contributed by atoms with Gasteiger partial charge >= 0.3 is 5.97 Å². The number of nitrogens with zero attached hydrogens (tertiary/aromatic N) is 2. The van der Waals surface area contributed by atoms with E-state index in [1.807, 2.05) is 6.92 Å². The molecule has 1 aromatic heterocycles. The van der Waals surface area contributed by atoms with Gasteiger partial charge in [0.25, 0.3) is 0 Å². The summed E-state index contributed by atoms with van der Waals surface area (Å²) in [6, 6.07) is 0. The molecular formula is C15H21N3O3. The fraction of sp³-hybridized carbons (Fsp3) is 0.667. The number of rotatable bonds is 4. The van der Waals surface area contributed by atoms with Gasteiger partial charge in [0.05, 0.1) is 29.5 Å². The maximum absolute atomic E-state index is 10.9. The Labute approximate surface area is 123 Å². The molecule has 0 bridgehead atoms. The smallest absolute Gasteiger partial charge is 0.306 e. The van der Waals surface area contributed by atoms with E-state index in [0.717, 1.165) is 30.8 Å². The van der Waals surface area contributed by atoms with Gasteiger partial charge in [0.15, 0.2) is 0 Å². The monoisotopic (exact) mass is 291 g/mol. The zero-order valence-corrected chi connectivity index (χ0v) is 12.2. The Hall–Kier alpha value is -1.69. The van der Waals surface area contributed by atoms with Crippen LogP contribution in [-0.4, -0.2) is 39.3 Å². The first kappa shape index (κ1) is 14.3. The lowest BCUT2D eigenvalue weighted by molar-refractivity contribution is -0.196. The van der Waals surface area contributed by atoms with Crippen molar-refractivity contribution in [2.75, 3.05) is 11.9 Å². The van der Waals surface area contributed by atoms with Gasteiger partial charge in [-0.3, -0.25) is 9.78 Å². The number of aromatic nitrogens is 2. The maximum Gasteiger partial charge on any atom is 0.306 e. The highest BCUT2D eigenvalue weighted by molar-refractivity contribution is 5.71. The minimum atomic E-state index is -0.695. The molecule has 0 amide bonds. The van der Waals surface area contributed by atoms with Crippen molar-refractivity contribution in [3.05, 3.63) is 18.1 Å². The van der Waals surface area contributed by atoms with Gasteiger partial charge < -0.3 is 15.2 Å². The third-order valence-electron chi connectivity index (χ3n) is 4.43. The maximum atomic E-state index is 10.9. The Morgan fingerprint density at radius 1 is 1.52 bits per heavy atom. The van der Waals surface area contributed by atoms with Gasteiger partial charge in [-0.25, -0.2) is 4.98 Å². The molecule has 1 unspecified atom stereocenters. The molecule has 1 spiro atoms. The quantitative estimate of drug-likeness (QED) is 0.882. The summed E-state index contributed by atoms with van der Waals surface area (Å²) in [6.07, 6.45) is 7.94. The number of carboxylic acid groups (broad SMARTS) is 1. The summed E-state index contributed by atoms with van der Waals surface area (Å²) >= 11 is 0. The number of hydrogen-bond donors (Lipinski definition) is 2. The molecule has 3 rings (SSSR count). The topological polar surface area (TPSA) is 84.3 Å². The molecule has 1 aliphatic carbocycles. The van der Waals surface area contributed by atoms with Crippen molar-refractivity contribution in [1.82, 2.24) is 9.97 Å². The fourth-order valence-corrected chi connectivity index (χ4v) is 3.35. The highest BCUT2D eigenvalue weighted by Crippen LogP contribution is 2.47. The number of aliphatic carboxylic acids is 1. The van der Waals surface area contributed by atoms with Gasteiger partial charge in [0.1, 0.15) is 5.82 Å². The molecule has 0 radical (unpaired) electrons. The summed E-state index contributed by atoms with van der Waals surface area (Å²) in [5.74, 6) is -0.158. The third kappa shape index (κ3) is 3.15. The summed E-state index contributed by atoms with van der Waals surface area (Å²) in [5.41, 5.74) is 0.690. The van der Waals surface area contributed by atoms with Crippen LogP contribution in [-0.2, 0) is 9.53 Å². The van der Waals surface area contributed by atoms with Crippen LogP contribution in [0.4, 0.5) is 5.82 Å². The number of aryl methyl sites for hydroxylation is 1. The third-order valence-corrected chi connectivity index (χ3v) is 4.43. The van der Waals surface area contributed by atoms with Crippen LogP contribution in [0.15, 0.2) is 12.4 Å². The average Bonchev–Trinajstić information content (AvgIpc) is 2.43. The highest BCUT2D eigenvalue weighted by atomic mass is 16.5. The first-order valence-electron chi connectivity index (χ1n) is 7.49. The number of ether oxygens (including phenoxy) is 1. The summed E-state index contributed by atoms with van der Waals surface area (Å²) < 4.78 is 6.17. The van der Waals surface area contributed by atoms with E-state index in [0.29, 0.717) is 19.4 Å². The van der Waals surface area contributed by atoms with E-state index >= 15 is 0 Å². The zero-order valence-electron chi connectivity index (χ0n) is 12.2. The summed E-state index contributed by atoms with van der Waals surface area (Å²) in [6.45, 7) is 2.60. The summed E-state index contributed by atoms with van der Waals surface area (Å²) in [5, 5.41) is 12.3. The average molecular weight is 291 g/mol. The van der Waals surface area contributed by atoms with Crippen LogP contribution in [0.5, 0.6) is 0 Å². The lowest BCUT2D eigenvalue weighted by Gasteiger charge is -2.50. The molecule has 1 saturated heterocycles. The van der Waals surface area contributed by atoms with Crippen LogP contribution in [0.3, 0.4) is 0 Å². The van der Waals surface area contributed by atoms with Gasteiger partial charge in [0.2, 0.25) is 0 Å². The van der Waals surface area contributed by atoms with Crippen molar-refractivity contribution in [3.63, 3.8) is 0 Å². The van der Waals surface area contributed by atoms with E-state index in [4.69, 9.17) is 9.84 Å². The number of carbonyl (C=O) groups is 1. The van der Waals surface area contributed by atoms with Gasteiger partial charge in [-0.15, -0.1) is 0 Å². The van der Waals surface area contributed by atoms with E-state index in [1.54, 1.807) is 12.4 Å². The van der Waals surface area contributed by atoms with Gasteiger partial charge in [-0.1, -0.05) is 0 Å². The lowest BCUT2D eigenvalue weighted by atomic mass is 9.67. The van der Waals surface area contributed by atoms with Crippen molar-refractivity contribution >= 4 is 11.8 Å². The number of nitrogens with one attached hydrogen (secondary N) is 1. The molecule has 6 heteroatoms. The predicted octanol–water partition coefficient (Wildman–Crippen LogP) is 2.00. The second kappa shape index (κ2) is 5.60. The van der Waals surface area contributed by atoms with Crippen molar-refractivity contribution < 1.29 is 14.6 Å². The fourth-order valence-electron chi connectivity index (χ4n) is 3.35. The van der Waals surface area contributed by atoms with Crippen LogP contribution < -0.4 is 5.32 Å². The molecule has 0 aromatic carbocycles. The molecule has 6 nitrogen and oxygen atoms in total. The Morgan fingerprint density at radius 2 is 2.33 bits per heavy atom. The molecule has 2 N–H and O–H groups in total. The number of carboxylic acids is 1. The summed E-state index contributed by atoms with van der Waals surface area (Å²) in [7, 11) is 0. The number of hydrogen-bond acceptors (Lipinski definition) is 5. The van der Waals surface area contributed by atoms with Crippen molar-refractivity contribution in [1.29, 1.82) is 0 Å². The normalized spacial score (nSPS) is 31.7. The molecule has 1 aliphatic heterocycles. The first-order valence-corrected chi connectivity index (χ1v) is 7.49. The molecule has 2 fully saturated rings. The largest absolute Gasteiger partial charge is 0.481 e. The van der Waals surface area contributed by atoms with Gasteiger partial charge in [0, 0.05) is 12.7 Å². The molecular weight excluding hydrogens is 270 g/mol. The van der Waals surface area contributed by atoms with Crippen LogP contribution in [0.1, 0.15) is 37.8 Å². The predicted molar refractivity (Wildman–Crippen MR) is 77.1 cm³/mol. The second-order valence-electron chi connectivity index (χ2n) is 6.19. The lowest BCUT2D eigenvalue weighted by Crippen LogP contribution is -2.53. The van der Waals surface area contributed by atoms with Crippen LogP contribution >= 0.6 is 0 Å². The molecule has 2 aliphatic rings. The van der Waals surface area contributed by atoms with Crippen molar-refractivity contribution in [3.8, 4) is 0 Å². The highest BCUT2D eigenvalue weighted by Gasteiger charge is 2.50. The molecule has 21 heavy (non-hydrogen) atoms. The number of anilines is 1. The molecule has 1 atom stereocenters. The Balaban J connectivity index is 1.52. The van der Waals surface area contributed by atoms with Gasteiger partial charge in [-0.05, 0) is 39.0 Å². The van der Waals surface area contributed by atoms with Gasteiger partial charge in [-0.2, -0.15) is 0 Å². The summed E-state index contributed by atoms with van der Waals surface area (Å²) in [4.78, 5) is 19.4. The minimum Gasteiger partial charge on any atom is -0.481 e. The van der Waals surface area contributed by atoms with Crippen molar-refractivity contribution in [2.45, 2.75) is 50.7 Å². The van der Waals surface area contributed by atoms with Crippen LogP contribution in [0, 0.1) is 12.8 Å². The van der Waals surface area contributed by atoms with Crippen LogP contribution in [0.25, 0.3) is 0 Å². The standard InChI is InChI=1S/C15H21N3O3/c1-10-7-16-9-13(18-10)17-8-12-3-2-4-15(21-12)5-11(6-15)14(19)20/h7,9,11-12H,2-6,8H2,1H3,(H,17,18)(H,19,20). The zero-order chi connectivity index (χ0) is 14.9. The van der Waals surface area contributed by atoms with E-state index in [9.17, 15) is 4.79 Å². The molecule has 1 aromatic rings. The molecule has 114 valence electrons. The molecule has 1 saturated carbocycles. The van der Waals surface area contributed by atoms with Crippen LogP contribution in [0.2, 0.25) is 0 Å². The molecule has 2 heterocycles. The van der Waals surface area contributed by atoms with Crippen molar-refractivity contribution in [2.24, 2.45) is 5.92 Å². The van der Waals surface area contributed by atoms with E-state index in [1.165, 1.54) is 0 Å². The van der Waals surface area contributed by atoms with E-state index < -0.39 is 5.97 Å². The minimum absolute atomic E-state index is 0.121. The Kier molecular flexibility index (Phi) is 3.80.